The molecule has 2 fully saturated rings. The normalized spacial score (nSPS) is 39.2. The molecule has 0 aliphatic heterocycles. The third-order valence-electron chi connectivity index (χ3n) is 10.8. The second-order valence-corrected chi connectivity index (χ2v) is 13.5. The van der Waals surface area contributed by atoms with Crippen LogP contribution in [0.1, 0.15) is 100 Å². The average Bonchev–Trinajstić information content (AvgIpc) is 3.13. The maximum atomic E-state index is 14.1. The Labute approximate surface area is 223 Å². The zero-order chi connectivity index (χ0) is 27.3. The summed E-state index contributed by atoms with van der Waals surface area (Å²) in [6, 6.07) is 0. The van der Waals surface area contributed by atoms with E-state index in [1.54, 1.807) is 0 Å². The van der Waals surface area contributed by atoms with Crippen LogP contribution in [0.3, 0.4) is 0 Å². The summed E-state index contributed by atoms with van der Waals surface area (Å²) in [5, 5.41) is 0. The number of hydrogen-bond acceptors (Lipinski definition) is 5. The van der Waals surface area contributed by atoms with Crippen molar-refractivity contribution < 1.29 is 23.9 Å². The third kappa shape index (κ3) is 5.08. The van der Waals surface area contributed by atoms with E-state index in [0.717, 1.165) is 43.3 Å². The van der Waals surface area contributed by atoms with Crippen molar-refractivity contribution in [2.75, 3.05) is 0 Å². The number of hydrogen-bond donors (Lipinski definition) is 0. The fourth-order valence-electron chi connectivity index (χ4n) is 8.49. The molecule has 0 aromatic carbocycles. The number of allylic oxidation sites excluding steroid dienone is 3. The Morgan fingerprint density at radius 2 is 1.62 bits per heavy atom. The van der Waals surface area contributed by atoms with Crippen LogP contribution in [-0.2, 0) is 23.9 Å². The highest BCUT2D eigenvalue weighted by molar-refractivity contribution is 5.99. The van der Waals surface area contributed by atoms with Crippen LogP contribution in [0.2, 0.25) is 0 Å². The number of fused-ring (bicyclic) bond motifs is 4. The zero-order valence-corrected chi connectivity index (χ0v) is 24.3. The second kappa shape index (κ2) is 10.3. The highest BCUT2D eigenvalue weighted by Gasteiger charge is 2.61. The molecular weight excluding hydrogens is 464 g/mol. The van der Waals surface area contributed by atoms with E-state index in [1.165, 1.54) is 13.8 Å². The van der Waals surface area contributed by atoms with Crippen molar-refractivity contribution in [3.05, 3.63) is 23.3 Å². The number of rotatable bonds is 6. The number of carbonyl (C=O) groups excluding carboxylic acids is 3. The first-order valence-electron chi connectivity index (χ1n) is 14.6. The highest BCUT2D eigenvalue weighted by Crippen LogP contribution is 2.65. The van der Waals surface area contributed by atoms with Crippen LogP contribution in [0.4, 0.5) is 0 Å². The molecular formula is C32H48O5. The smallest absolute Gasteiger partial charge is 0.303 e. The van der Waals surface area contributed by atoms with Crippen LogP contribution in [0, 0.1) is 46.3 Å². The Hall–Kier alpha value is -1.91. The molecule has 0 radical (unpaired) electrons. The monoisotopic (exact) mass is 512 g/mol. The van der Waals surface area contributed by atoms with Gasteiger partial charge < -0.3 is 9.47 Å². The van der Waals surface area contributed by atoms with E-state index in [9.17, 15) is 14.4 Å². The van der Waals surface area contributed by atoms with E-state index in [1.807, 2.05) is 0 Å². The molecule has 0 N–H and O–H groups in total. The lowest BCUT2D eigenvalue weighted by atomic mass is 9.49. The Kier molecular flexibility index (Phi) is 7.85. The van der Waals surface area contributed by atoms with Gasteiger partial charge in [0.2, 0.25) is 0 Å². The van der Waals surface area contributed by atoms with Crippen molar-refractivity contribution in [3.8, 4) is 0 Å². The number of esters is 2. The fraction of sp³-hybridized carbons (Fsp3) is 0.781. The third-order valence-corrected chi connectivity index (χ3v) is 10.8. The molecule has 4 rings (SSSR count). The van der Waals surface area contributed by atoms with Gasteiger partial charge in [-0.1, -0.05) is 53.7 Å². The molecule has 0 aromatic rings. The van der Waals surface area contributed by atoms with Crippen molar-refractivity contribution in [3.63, 3.8) is 0 Å². The molecule has 5 heteroatoms. The van der Waals surface area contributed by atoms with E-state index < -0.39 is 0 Å². The van der Waals surface area contributed by atoms with Crippen molar-refractivity contribution in [2.45, 2.75) is 113 Å². The summed E-state index contributed by atoms with van der Waals surface area (Å²) in [5.74, 6) is 2.07. The van der Waals surface area contributed by atoms with E-state index in [4.69, 9.17) is 9.47 Å². The van der Waals surface area contributed by atoms with Crippen LogP contribution in [0.15, 0.2) is 23.3 Å². The lowest BCUT2D eigenvalue weighted by molar-refractivity contribution is -0.154. The van der Waals surface area contributed by atoms with Crippen LogP contribution < -0.4 is 0 Å². The van der Waals surface area contributed by atoms with E-state index >= 15 is 0 Å². The van der Waals surface area contributed by atoms with Gasteiger partial charge in [-0.15, -0.1) is 0 Å². The van der Waals surface area contributed by atoms with Crippen LogP contribution in [-0.4, -0.2) is 29.9 Å². The molecule has 0 saturated heterocycles. The summed E-state index contributed by atoms with van der Waals surface area (Å²) in [6.07, 6.45) is 9.98. The minimum Gasteiger partial charge on any atom is -0.463 e. The zero-order valence-electron chi connectivity index (χ0n) is 24.3. The first-order chi connectivity index (χ1) is 17.3. The van der Waals surface area contributed by atoms with Gasteiger partial charge in [-0.3, -0.25) is 14.4 Å². The first-order valence-corrected chi connectivity index (χ1v) is 14.6. The van der Waals surface area contributed by atoms with Gasteiger partial charge in [-0.05, 0) is 90.4 Å². The maximum Gasteiger partial charge on any atom is 0.303 e. The van der Waals surface area contributed by atoms with Gasteiger partial charge in [0.15, 0.2) is 5.78 Å². The fourth-order valence-corrected chi connectivity index (χ4v) is 8.49. The highest BCUT2D eigenvalue weighted by atomic mass is 16.5. The number of ether oxygens (including phenoxy) is 2. The lowest BCUT2D eigenvalue weighted by Crippen LogP contribution is -2.53. The molecule has 9 atom stereocenters. The molecule has 37 heavy (non-hydrogen) atoms. The molecule has 0 amide bonds. The van der Waals surface area contributed by atoms with Gasteiger partial charge in [-0.2, -0.15) is 0 Å². The predicted molar refractivity (Wildman–Crippen MR) is 144 cm³/mol. The van der Waals surface area contributed by atoms with Crippen LogP contribution in [0.25, 0.3) is 0 Å². The Morgan fingerprint density at radius 3 is 2.24 bits per heavy atom. The summed E-state index contributed by atoms with van der Waals surface area (Å²) < 4.78 is 11.6. The van der Waals surface area contributed by atoms with Crippen molar-refractivity contribution in [2.24, 2.45) is 46.3 Å². The molecule has 0 unspecified atom stereocenters. The first kappa shape index (κ1) is 28.1. The Balaban J connectivity index is 1.70. The summed E-state index contributed by atoms with van der Waals surface area (Å²) in [4.78, 5) is 38.1. The molecule has 5 nitrogen and oxygen atoms in total. The van der Waals surface area contributed by atoms with Crippen LogP contribution >= 0.6 is 0 Å². The quantitative estimate of drug-likeness (QED) is 0.288. The SMILES string of the molecule is CC(=O)O[C@@H]1CC[C@]2(C)C3=C([C@H](OC(C)=O)C[C@H]2C1)[C@@H]1CC[C@H]([C@H](C)/C=C/[C@H](C)C(C)C)[C@]1(C)CC3=O. The van der Waals surface area contributed by atoms with Gasteiger partial charge in [-0.25, -0.2) is 0 Å². The average molecular weight is 513 g/mol. The summed E-state index contributed by atoms with van der Waals surface area (Å²) >= 11 is 0. The minimum atomic E-state index is -0.360. The second-order valence-electron chi connectivity index (χ2n) is 13.5. The number of ketones is 1. The van der Waals surface area contributed by atoms with Crippen LogP contribution in [0.5, 0.6) is 0 Å². The van der Waals surface area contributed by atoms with E-state index in [-0.39, 0.29) is 52.6 Å². The Bertz CT molecular complexity index is 991. The molecule has 0 spiro atoms. The maximum absolute atomic E-state index is 14.1. The molecule has 4 aliphatic carbocycles. The van der Waals surface area contributed by atoms with E-state index in [2.05, 4.69) is 53.7 Å². The predicted octanol–water partition coefficient (Wildman–Crippen LogP) is 6.85. The number of carbonyl (C=O) groups is 3. The summed E-state index contributed by atoms with van der Waals surface area (Å²) in [6.45, 7) is 16.6. The largest absolute Gasteiger partial charge is 0.463 e. The molecule has 4 aliphatic rings. The number of Topliss-reactive ketones (excluding diaryl/α,β-unsaturated/α-hetero) is 1. The molecule has 0 heterocycles. The topological polar surface area (TPSA) is 69.7 Å². The lowest BCUT2D eigenvalue weighted by Gasteiger charge is -2.55. The van der Waals surface area contributed by atoms with Gasteiger partial charge >= 0.3 is 11.9 Å². The van der Waals surface area contributed by atoms with Gasteiger partial charge in [0.25, 0.3) is 0 Å². The van der Waals surface area contributed by atoms with Gasteiger partial charge in [0, 0.05) is 25.8 Å². The molecule has 0 aromatic heterocycles. The molecule has 0 bridgehead atoms. The minimum absolute atomic E-state index is 0.128. The van der Waals surface area contributed by atoms with Gasteiger partial charge in [0.1, 0.15) is 12.2 Å². The molecule has 206 valence electrons. The van der Waals surface area contributed by atoms with Gasteiger partial charge in [0.05, 0.1) is 0 Å². The van der Waals surface area contributed by atoms with Crippen molar-refractivity contribution >= 4 is 17.7 Å². The molecule has 2 saturated carbocycles. The Morgan fingerprint density at radius 1 is 0.946 bits per heavy atom. The van der Waals surface area contributed by atoms with E-state index in [0.29, 0.717) is 36.5 Å². The summed E-state index contributed by atoms with van der Waals surface area (Å²) in [5.41, 5.74) is 1.71. The standard InChI is InChI=1S/C32H48O5/c1-18(2)19(3)9-10-20(4)25-11-12-26-29-28(37-22(6)34)16-23-15-24(36-21(5)33)13-14-31(23,7)30(29)27(35)17-32(25,26)8/h9-10,18-20,23-26,28H,11-17H2,1-8H3/b10-9+/t19-,20+,23+,24+,25+,26-,28+,31-,32-/m0/s1. The van der Waals surface area contributed by atoms with Crippen molar-refractivity contribution in [1.29, 1.82) is 0 Å². The summed E-state index contributed by atoms with van der Waals surface area (Å²) in [7, 11) is 0. The van der Waals surface area contributed by atoms with Crippen molar-refractivity contribution in [1.82, 2.24) is 0 Å².